The number of aryl methyl sites for hydroxylation is 2. The van der Waals surface area contributed by atoms with Crippen LogP contribution in [0.4, 0.5) is 0 Å². The van der Waals surface area contributed by atoms with Crippen molar-refractivity contribution in [1.82, 2.24) is 5.32 Å². The lowest BCUT2D eigenvalue weighted by molar-refractivity contribution is -0.143. The Hall–Kier alpha value is -1.35. The molecule has 1 rings (SSSR count). The van der Waals surface area contributed by atoms with Crippen LogP contribution < -0.4 is 5.32 Å². The highest BCUT2D eigenvalue weighted by molar-refractivity contribution is 5.78. The molecule has 1 aromatic carbocycles. The molecule has 0 heterocycles. The van der Waals surface area contributed by atoms with Crippen molar-refractivity contribution in [1.29, 1.82) is 0 Å². The summed E-state index contributed by atoms with van der Waals surface area (Å²) in [6.45, 7) is 6.94. The third-order valence-electron chi connectivity index (χ3n) is 2.77. The van der Waals surface area contributed by atoms with E-state index >= 15 is 0 Å². The molecule has 0 saturated heterocycles. The Morgan fingerprint density at radius 1 is 1.41 bits per heavy atom. The van der Waals surface area contributed by atoms with Crippen LogP contribution in [0.25, 0.3) is 0 Å². The molecule has 0 aliphatic carbocycles. The fraction of sp³-hybridized carbons (Fsp3) is 0.500. The van der Waals surface area contributed by atoms with E-state index in [4.69, 9.17) is 4.74 Å². The van der Waals surface area contributed by atoms with Gasteiger partial charge in [-0.25, -0.2) is 4.79 Å². The van der Waals surface area contributed by atoms with Crippen LogP contribution >= 0.6 is 0 Å². The van der Waals surface area contributed by atoms with Crippen molar-refractivity contribution in [2.24, 2.45) is 0 Å². The van der Waals surface area contributed by atoms with Gasteiger partial charge in [-0.05, 0) is 37.9 Å². The fourth-order valence-electron chi connectivity index (χ4n) is 1.88. The van der Waals surface area contributed by atoms with Crippen molar-refractivity contribution in [2.45, 2.75) is 33.2 Å². The van der Waals surface area contributed by atoms with Gasteiger partial charge < -0.3 is 10.1 Å². The van der Waals surface area contributed by atoms with E-state index in [1.165, 1.54) is 12.7 Å². The van der Waals surface area contributed by atoms with Crippen LogP contribution in [-0.4, -0.2) is 19.6 Å². The number of methoxy groups -OCH3 is 1. The van der Waals surface area contributed by atoms with E-state index in [1.54, 1.807) is 0 Å². The average Bonchev–Trinajstić information content (AvgIpc) is 2.31. The number of rotatable bonds is 5. The lowest BCUT2D eigenvalue weighted by atomic mass is 9.99. The van der Waals surface area contributed by atoms with E-state index < -0.39 is 0 Å². The molecule has 0 saturated carbocycles. The monoisotopic (exact) mass is 235 g/mol. The highest BCUT2D eigenvalue weighted by Gasteiger charge is 2.21. The number of benzene rings is 1. The molecule has 0 bridgehead atoms. The molecular weight excluding hydrogens is 214 g/mol. The van der Waals surface area contributed by atoms with E-state index in [9.17, 15) is 4.79 Å². The maximum atomic E-state index is 11.8. The van der Waals surface area contributed by atoms with Crippen molar-refractivity contribution in [3.8, 4) is 0 Å². The standard InChI is InChI=1S/C14H21NO2/c1-5-8-15-13(14(16)17-4)12-7-6-10(2)9-11(12)3/h6-7,9,13,15H,5,8H2,1-4H3. The van der Waals surface area contributed by atoms with Crippen LogP contribution in [0.3, 0.4) is 0 Å². The Morgan fingerprint density at radius 2 is 2.12 bits per heavy atom. The number of esters is 1. The average molecular weight is 235 g/mol. The summed E-state index contributed by atoms with van der Waals surface area (Å²) in [6.07, 6.45) is 0.985. The second-order valence-corrected chi connectivity index (χ2v) is 4.27. The van der Waals surface area contributed by atoms with E-state index in [2.05, 4.69) is 18.3 Å². The molecule has 94 valence electrons. The van der Waals surface area contributed by atoms with Crippen molar-refractivity contribution in [3.05, 3.63) is 34.9 Å². The highest BCUT2D eigenvalue weighted by Crippen LogP contribution is 2.20. The first-order chi connectivity index (χ1) is 8.10. The van der Waals surface area contributed by atoms with Crippen LogP contribution in [0.2, 0.25) is 0 Å². The maximum Gasteiger partial charge on any atom is 0.327 e. The minimum atomic E-state index is -0.361. The Morgan fingerprint density at radius 3 is 2.65 bits per heavy atom. The number of nitrogens with one attached hydrogen (secondary N) is 1. The molecule has 0 aliphatic rings. The van der Waals surface area contributed by atoms with Gasteiger partial charge in [0, 0.05) is 0 Å². The third-order valence-corrected chi connectivity index (χ3v) is 2.77. The summed E-state index contributed by atoms with van der Waals surface area (Å²) in [5.41, 5.74) is 3.31. The van der Waals surface area contributed by atoms with Gasteiger partial charge in [0.25, 0.3) is 0 Å². The van der Waals surface area contributed by atoms with Crippen molar-refractivity contribution >= 4 is 5.97 Å². The zero-order valence-corrected chi connectivity index (χ0v) is 11.0. The van der Waals surface area contributed by atoms with E-state index in [-0.39, 0.29) is 12.0 Å². The Labute approximate surface area is 103 Å². The van der Waals surface area contributed by atoms with Gasteiger partial charge in [0.2, 0.25) is 0 Å². The van der Waals surface area contributed by atoms with Gasteiger partial charge in [0.1, 0.15) is 6.04 Å². The molecule has 1 atom stereocenters. The van der Waals surface area contributed by atoms with Crippen LogP contribution in [-0.2, 0) is 9.53 Å². The predicted molar refractivity (Wildman–Crippen MR) is 69.0 cm³/mol. The second kappa shape index (κ2) is 6.40. The van der Waals surface area contributed by atoms with Crippen LogP contribution in [0, 0.1) is 13.8 Å². The Kier molecular flexibility index (Phi) is 5.16. The fourth-order valence-corrected chi connectivity index (χ4v) is 1.88. The first kappa shape index (κ1) is 13.7. The first-order valence-corrected chi connectivity index (χ1v) is 5.98. The molecule has 1 aromatic rings. The highest BCUT2D eigenvalue weighted by atomic mass is 16.5. The van der Waals surface area contributed by atoms with Crippen molar-refractivity contribution in [2.75, 3.05) is 13.7 Å². The molecule has 3 heteroatoms. The van der Waals surface area contributed by atoms with Crippen molar-refractivity contribution < 1.29 is 9.53 Å². The predicted octanol–water partition coefficient (Wildman–Crippen LogP) is 2.52. The topological polar surface area (TPSA) is 38.3 Å². The number of carbonyl (C=O) groups excluding carboxylic acids is 1. The maximum absolute atomic E-state index is 11.8. The molecular formula is C14H21NO2. The quantitative estimate of drug-likeness (QED) is 0.797. The minimum Gasteiger partial charge on any atom is -0.468 e. The summed E-state index contributed by atoms with van der Waals surface area (Å²) >= 11 is 0. The molecule has 0 aromatic heterocycles. The SMILES string of the molecule is CCCNC(C(=O)OC)c1ccc(C)cc1C. The van der Waals surface area contributed by atoms with E-state index in [0.717, 1.165) is 24.1 Å². The lowest BCUT2D eigenvalue weighted by Gasteiger charge is -2.18. The molecule has 1 unspecified atom stereocenters. The Balaban J connectivity index is 2.99. The van der Waals surface area contributed by atoms with Crippen LogP contribution in [0.15, 0.2) is 18.2 Å². The largest absolute Gasteiger partial charge is 0.468 e. The Bertz CT molecular complexity index is 388. The lowest BCUT2D eigenvalue weighted by Crippen LogP contribution is -2.30. The second-order valence-electron chi connectivity index (χ2n) is 4.27. The molecule has 0 amide bonds. The van der Waals surface area contributed by atoms with Gasteiger partial charge in [-0.15, -0.1) is 0 Å². The minimum absolute atomic E-state index is 0.231. The van der Waals surface area contributed by atoms with Gasteiger partial charge in [-0.3, -0.25) is 0 Å². The number of carbonyl (C=O) groups is 1. The normalized spacial score (nSPS) is 12.2. The molecule has 0 spiro atoms. The number of hydrogen-bond donors (Lipinski definition) is 1. The summed E-state index contributed by atoms with van der Waals surface area (Å²) in [7, 11) is 1.42. The van der Waals surface area contributed by atoms with Gasteiger partial charge in [0.15, 0.2) is 0 Å². The summed E-state index contributed by atoms with van der Waals surface area (Å²) in [6, 6.07) is 5.74. The summed E-state index contributed by atoms with van der Waals surface area (Å²) in [4.78, 5) is 11.8. The molecule has 17 heavy (non-hydrogen) atoms. The third kappa shape index (κ3) is 3.56. The van der Waals surface area contributed by atoms with Gasteiger partial charge in [-0.1, -0.05) is 30.7 Å². The van der Waals surface area contributed by atoms with Gasteiger partial charge >= 0.3 is 5.97 Å². The molecule has 1 N–H and O–H groups in total. The summed E-state index contributed by atoms with van der Waals surface area (Å²) in [5, 5.41) is 3.22. The summed E-state index contributed by atoms with van der Waals surface area (Å²) in [5.74, 6) is -0.231. The van der Waals surface area contributed by atoms with Gasteiger partial charge in [-0.2, -0.15) is 0 Å². The summed E-state index contributed by atoms with van der Waals surface area (Å²) < 4.78 is 4.85. The smallest absolute Gasteiger partial charge is 0.327 e. The van der Waals surface area contributed by atoms with Crippen LogP contribution in [0.5, 0.6) is 0 Å². The number of hydrogen-bond acceptors (Lipinski definition) is 3. The zero-order chi connectivity index (χ0) is 12.8. The van der Waals surface area contributed by atoms with E-state index in [0.29, 0.717) is 0 Å². The number of ether oxygens (including phenoxy) is 1. The zero-order valence-electron chi connectivity index (χ0n) is 11.0. The first-order valence-electron chi connectivity index (χ1n) is 5.98. The molecule has 0 fully saturated rings. The van der Waals surface area contributed by atoms with Gasteiger partial charge in [0.05, 0.1) is 7.11 Å². The molecule has 3 nitrogen and oxygen atoms in total. The molecule has 0 radical (unpaired) electrons. The van der Waals surface area contributed by atoms with E-state index in [1.807, 2.05) is 26.0 Å². The van der Waals surface area contributed by atoms with Crippen molar-refractivity contribution in [3.63, 3.8) is 0 Å². The molecule has 0 aliphatic heterocycles. The van der Waals surface area contributed by atoms with Crippen LogP contribution in [0.1, 0.15) is 36.1 Å².